The number of anilines is 2. The summed E-state index contributed by atoms with van der Waals surface area (Å²) in [5, 5.41) is 19.6. The molecule has 2 aromatic rings. The van der Waals surface area contributed by atoms with Crippen molar-refractivity contribution >= 4 is 11.5 Å². The maximum Gasteiger partial charge on any atom is 0.175 e. The van der Waals surface area contributed by atoms with Crippen LogP contribution in [0.15, 0.2) is 18.2 Å². The zero-order chi connectivity index (χ0) is 19.1. The Balaban J connectivity index is 1.77. The maximum atomic E-state index is 10.4. The van der Waals surface area contributed by atoms with Crippen LogP contribution >= 0.6 is 0 Å². The first-order chi connectivity index (χ1) is 13.0. The van der Waals surface area contributed by atoms with Crippen LogP contribution in [0, 0.1) is 13.8 Å². The van der Waals surface area contributed by atoms with E-state index in [4.69, 9.17) is 0 Å². The third kappa shape index (κ3) is 3.23. The molecule has 1 aromatic carbocycles. The third-order valence-corrected chi connectivity index (χ3v) is 5.95. The largest absolute Gasteiger partial charge is 0.507 e. The highest BCUT2D eigenvalue weighted by Crippen LogP contribution is 2.40. The summed E-state index contributed by atoms with van der Waals surface area (Å²) in [4.78, 5) is 7.13. The van der Waals surface area contributed by atoms with Crippen molar-refractivity contribution in [3.05, 3.63) is 29.3 Å². The van der Waals surface area contributed by atoms with Gasteiger partial charge in [0.1, 0.15) is 11.4 Å². The van der Waals surface area contributed by atoms with E-state index in [0.717, 1.165) is 53.5 Å². The van der Waals surface area contributed by atoms with Crippen molar-refractivity contribution in [2.24, 2.45) is 0 Å². The van der Waals surface area contributed by atoms with Gasteiger partial charge in [-0.15, -0.1) is 10.2 Å². The Kier molecular flexibility index (Phi) is 4.68. The summed E-state index contributed by atoms with van der Waals surface area (Å²) in [6, 6.07) is 6.21. The molecule has 0 aliphatic carbocycles. The standard InChI is InChI=1S/C21H29N5O/c1-14-7-8-17(18(27)12-14)19-15(2)20-21(23-22-19)26(11-10-25(20)4)16-6-5-9-24(3)13-16/h7-8,12,16,27H,5-6,9-11,13H2,1-4H3/t16-/m0/s1. The van der Waals surface area contributed by atoms with E-state index in [1.165, 1.54) is 19.4 Å². The first kappa shape index (κ1) is 18.0. The van der Waals surface area contributed by atoms with Crippen molar-refractivity contribution in [3.63, 3.8) is 0 Å². The summed E-state index contributed by atoms with van der Waals surface area (Å²) >= 11 is 0. The number of phenols is 1. The van der Waals surface area contributed by atoms with Gasteiger partial charge in [-0.1, -0.05) is 6.07 Å². The normalized spacial score (nSPS) is 20.7. The van der Waals surface area contributed by atoms with Gasteiger partial charge in [0, 0.05) is 43.9 Å². The number of piperidine rings is 1. The molecule has 1 aromatic heterocycles. The topological polar surface area (TPSA) is 55.7 Å². The van der Waals surface area contributed by atoms with Crippen LogP contribution in [-0.2, 0) is 0 Å². The summed E-state index contributed by atoms with van der Waals surface area (Å²) in [5.74, 6) is 1.24. The molecule has 3 heterocycles. The lowest BCUT2D eigenvalue weighted by Gasteiger charge is -2.44. The molecule has 6 nitrogen and oxygen atoms in total. The Labute approximate surface area is 161 Å². The minimum Gasteiger partial charge on any atom is -0.507 e. The lowest BCUT2D eigenvalue weighted by atomic mass is 10.00. The second kappa shape index (κ2) is 7.00. The van der Waals surface area contributed by atoms with E-state index in [0.29, 0.717) is 6.04 Å². The molecule has 1 atom stereocenters. The molecule has 2 aliphatic heterocycles. The van der Waals surface area contributed by atoms with E-state index in [2.05, 4.69) is 45.9 Å². The van der Waals surface area contributed by atoms with E-state index < -0.39 is 0 Å². The van der Waals surface area contributed by atoms with Gasteiger partial charge in [0.15, 0.2) is 5.82 Å². The second-order valence-corrected chi connectivity index (χ2v) is 8.04. The van der Waals surface area contributed by atoms with Gasteiger partial charge in [-0.3, -0.25) is 0 Å². The van der Waals surface area contributed by atoms with Crippen LogP contribution in [0.2, 0.25) is 0 Å². The van der Waals surface area contributed by atoms with Gasteiger partial charge in [-0.2, -0.15) is 0 Å². The Bertz CT molecular complexity index is 853. The molecule has 2 aliphatic rings. The van der Waals surface area contributed by atoms with Gasteiger partial charge in [-0.05, 0) is 58.0 Å². The van der Waals surface area contributed by atoms with Crippen molar-refractivity contribution < 1.29 is 5.11 Å². The van der Waals surface area contributed by atoms with Crippen LogP contribution in [0.3, 0.4) is 0 Å². The SMILES string of the molecule is Cc1ccc(-c2nnc3c(c2C)N(C)CCN3[C@H]2CCCN(C)C2)c(O)c1. The molecule has 144 valence electrons. The van der Waals surface area contributed by atoms with E-state index in [-0.39, 0.29) is 5.75 Å². The fourth-order valence-corrected chi connectivity index (χ4v) is 4.47. The number of fused-ring (bicyclic) bond motifs is 1. The quantitative estimate of drug-likeness (QED) is 0.881. The average Bonchev–Trinajstić information content (AvgIpc) is 2.63. The molecule has 1 saturated heterocycles. The minimum absolute atomic E-state index is 0.261. The maximum absolute atomic E-state index is 10.4. The van der Waals surface area contributed by atoms with Gasteiger partial charge in [0.2, 0.25) is 0 Å². The summed E-state index contributed by atoms with van der Waals surface area (Å²) in [6.45, 7) is 8.26. The fourth-order valence-electron chi connectivity index (χ4n) is 4.47. The van der Waals surface area contributed by atoms with Gasteiger partial charge < -0.3 is 19.8 Å². The number of hydrogen-bond donors (Lipinski definition) is 1. The Hall–Kier alpha value is -2.34. The molecular formula is C21H29N5O. The van der Waals surface area contributed by atoms with Crippen molar-refractivity contribution in [3.8, 4) is 17.0 Å². The average molecular weight is 367 g/mol. The van der Waals surface area contributed by atoms with Gasteiger partial charge in [0.05, 0.1) is 5.69 Å². The molecule has 0 spiro atoms. The number of hydrogen-bond acceptors (Lipinski definition) is 6. The minimum atomic E-state index is 0.261. The second-order valence-electron chi connectivity index (χ2n) is 8.04. The lowest BCUT2D eigenvalue weighted by molar-refractivity contribution is 0.243. The van der Waals surface area contributed by atoms with E-state index in [9.17, 15) is 5.11 Å². The predicted molar refractivity (Wildman–Crippen MR) is 110 cm³/mol. The summed E-state index contributed by atoms with van der Waals surface area (Å²) in [5.41, 5.74) is 4.76. The van der Waals surface area contributed by atoms with Crippen LogP contribution in [-0.4, -0.2) is 66.5 Å². The smallest absolute Gasteiger partial charge is 0.175 e. The fraction of sp³-hybridized carbons (Fsp3) is 0.524. The van der Waals surface area contributed by atoms with Gasteiger partial charge in [0.25, 0.3) is 0 Å². The number of likely N-dealkylation sites (tertiary alicyclic amines) is 1. The molecule has 6 heteroatoms. The van der Waals surface area contributed by atoms with Gasteiger partial charge in [-0.25, -0.2) is 0 Å². The molecule has 1 N–H and O–H groups in total. The monoisotopic (exact) mass is 367 g/mol. The van der Waals surface area contributed by atoms with Crippen molar-refractivity contribution in [2.45, 2.75) is 32.7 Å². The zero-order valence-corrected chi connectivity index (χ0v) is 16.7. The molecule has 4 rings (SSSR count). The summed E-state index contributed by atoms with van der Waals surface area (Å²) < 4.78 is 0. The van der Waals surface area contributed by atoms with Gasteiger partial charge >= 0.3 is 0 Å². The van der Waals surface area contributed by atoms with Crippen molar-refractivity contribution in [1.29, 1.82) is 0 Å². The van der Waals surface area contributed by atoms with E-state index in [1.54, 1.807) is 6.07 Å². The van der Waals surface area contributed by atoms with E-state index >= 15 is 0 Å². The lowest BCUT2D eigenvalue weighted by Crippen LogP contribution is -2.52. The first-order valence-electron chi connectivity index (χ1n) is 9.79. The number of phenolic OH excluding ortho intramolecular Hbond substituents is 1. The number of benzene rings is 1. The highest BCUT2D eigenvalue weighted by atomic mass is 16.3. The third-order valence-electron chi connectivity index (χ3n) is 5.95. The highest BCUT2D eigenvalue weighted by molar-refractivity contribution is 5.81. The van der Waals surface area contributed by atoms with Crippen molar-refractivity contribution in [2.75, 3.05) is 50.1 Å². The van der Waals surface area contributed by atoms with Crippen LogP contribution in [0.5, 0.6) is 5.75 Å². The summed E-state index contributed by atoms with van der Waals surface area (Å²) in [6.07, 6.45) is 2.43. The number of aromatic hydroxyl groups is 1. The number of rotatable bonds is 2. The number of aromatic nitrogens is 2. The van der Waals surface area contributed by atoms with Crippen LogP contribution in [0.25, 0.3) is 11.3 Å². The summed E-state index contributed by atoms with van der Waals surface area (Å²) in [7, 11) is 4.32. The molecule has 0 saturated carbocycles. The molecule has 1 fully saturated rings. The number of likely N-dealkylation sites (N-methyl/N-ethyl adjacent to an activating group) is 2. The Morgan fingerprint density at radius 3 is 2.63 bits per heavy atom. The Morgan fingerprint density at radius 1 is 1.07 bits per heavy atom. The van der Waals surface area contributed by atoms with Crippen LogP contribution in [0.4, 0.5) is 11.5 Å². The zero-order valence-electron chi connectivity index (χ0n) is 16.7. The first-order valence-corrected chi connectivity index (χ1v) is 9.79. The number of nitrogens with zero attached hydrogens (tertiary/aromatic N) is 5. The molecule has 0 radical (unpaired) electrons. The molecular weight excluding hydrogens is 338 g/mol. The predicted octanol–water partition coefficient (Wildman–Crippen LogP) is 2.82. The molecule has 0 amide bonds. The number of aryl methyl sites for hydroxylation is 1. The Morgan fingerprint density at radius 2 is 1.89 bits per heavy atom. The molecule has 0 unspecified atom stereocenters. The van der Waals surface area contributed by atoms with E-state index in [1.807, 2.05) is 19.1 Å². The van der Waals surface area contributed by atoms with Crippen LogP contribution in [0.1, 0.15) is 24.0 Å². The van der Waals surface area contributed by atoms with Crippen molar-refractivity contribution in [1.82, 2.24) is 15.1 Å². The van der Waals surface area contributed by atoms with Crippen LogP contribution < -0.4 is 9.80 Å². The molecule has 0 bridgehead atoms. The molecule has 27 heavy (non-hydrogen) atoms. The highest BCUT2D eigenvalue weighted by Gasteiger charge is 2.32.